The van der Waals surface area contributed by atoms with Gasteiger partial charge in [-0.15, -0.1) is 22.0 Å². The molecule has 0 unspecified atom stereocenters. The van der Waals surface area contributed by atoms with Crippen molar-refractivity contribution in [2.75, 3.05) is 21.3 Å². The number of aromatic nitrogens is 2. The fourth-order valence-electron chi connectivity index (χ4n) is 2.34. The second kappa shape index (κ2) is 8.26. The Bertz CT molecular complexity index is 924. The highest BCUT2D eigenvalue weighted by Crippen LogP contribution is 2.41. The number of ether oxygens (including phenoxy) is 3. The minimum Gasteiger partial charge on any atom is -0.493 e. The van der Waals surface area contributed by atoms with Crippen molar-refractivity contribution in [3.8, 4) is 28.7 Å². The van der Waals surface area contributed by atoms with Crippen LogP contribution in [0.25, 0.3) is 11.5 Å². The van der Waals surface area contributed by atoms with Crippen LogP contribution in [0.5, 0.6) is 17.2 Å². The molecule has 0 amide bonds. The maximum atomic E-state index is 13.3. The smallest absolute Gasteiger partial charge is 0.248 e. The van der Waals surface area contributed by atoms with Crippen molar-refractivity contribution in [1.82, 2.24) is 10.2 Å². The summed E-state index contributed by atoms with van der Waals surface area (Å²) in [6, 6.07) is 7.07. The average molecular weight is 394 g/mol. The predicted octanol–water partition coefficient (Wildman–Crippen LogP) is 4.33. The standard InChI is InChI=1S/C18H16F2N2O4S/c1-23-14-6-10(7-15(24-2)17(14)25-3)18-22-21-16(26-18)9-27-11-4-5-12(19)13(20)8-11/h4-8H,9H2,1-3H3. The molecule has 3 rings (SSSR count). The zero-order valence-electron chi connectivity index (χ0n) is 14.8. The van der Waals surface area contributed by atoms with E-state index in [-0.39, 0.29) is 5.89 Å². The lowest BCUT2D eigenvalue weighted by atomic mass is 10.2. The minimum absolute atomic E-state index is 0.273. The molecule has 2 aromatic carbocycles. The quantitative estimate of drug-likeness (QED) is 0.553. The first-order valence-electron chi connectivity index (χ1n) is 7.76. The van der Waals surface area contributed by atoms with Crippen LogP contribution in [0.15, 0.2) is 39.6 Å². The summed E-state index contributed by atoms with van der Waals surface area (Å²) in [7, 11) is 4.54. The second-order valence-corrected chi connectivity index (χ2v) is 6.33. The number of hydrogen-bond donors (Lipinski definition) is 0. The first-order chi connectivity index (χ1) is 13.0. The molecule has 0 radical (unpaired) electrons. The Morgan fingerprint density at radius 1 is 0.926 bits per heavy atom. The van der Waals surface area contributed by atoms with E-state index in [2.05, 4.69) is 10.2 Å². The third-order valence-corrected chi connectivity index (χ3v) is 4.61. The Hall–Kier alpha value is -2.81. The van der Waals surface area contributed by atoms with Gasteiger partial charge in [-0.3, -0.25) is 0 Å². The van der Waals surface area contributed by atoms with Crippen LogP contribution in [0.3, 0.4) is 0 Å². The van der Waals surface area contributed by atoms with Crippen molar-refractivity contribution in [2.45, 2.75) is 10.6 Å². The molecule has 0 spiro atoms. The van der Waals surface area contributed by atoms with E-state index in [0.29, 0.717) is 39.4 Å². The monoisotopic (exact) mass is 394 g/mol. The van der Waals surface area contributed by atoms with E-state index in [0.717, 1.165) is 12.1 Å². The Labute approximate surface area is 158 Å². The summed E-state index contributed by atoms with van der Waals surface area (Å²) < 4.78 is 47.8. The van der Waals surface area contributed by atoms with Crippen molar-refractivity contribution in [3.05, 3.63) is 47.9 Å². The van der Waals surface area contributed by atoms with Gasteiger partial charge in [0, 0.05) is 10.5 Å². The van der Waals surface area contributed by atoms with E-state index in [1.807, 2.05) is 0 Å². The second-order valence-electron chi connectivity index (χ2n) is 5.28. The van der Waals surface area contributed by atoms with Gasteiger partial charge in [0.2, 0.25) is 17.5 Å². The minimum atomic E-state index is -0.899. The van der Waals surface area contributed by atoms with E-state index >= 15 is 0 Å². The van der Waals surface area contributed by atoms with E-state index in [9.17, 15) is 8.78 Å². The molecule has 1 aromatic heterocycles. The van der Waals surface area contributed by atoms with E-state index < -0.39 is 11.6 Å². The summed E-state index contributed by atoms with van der Waals surface area (Å²) in [4.78, 5) is 0.557. The summed E-state index contributed by atoms with van der Waals surface area (Å²) >= 11 is 1.25. The number of halogens is 2. The molecule has 1 heterocycles. The van der Waals surface area contributed by atoms with Crippen LogP contribution < -0.4 is 14.2 Å². The average Bonchev–Trinajstić information content (AvgIpc) is 3.16. The van der Waals surface area contributed by atoms with Crippen LogP contribution in [0.4, 0.5) is 8.78 Å². The number of benzene rings is 2. The molecule has 0 atom stereocenters. The summed E-state index contributed by atoms with van der Waals surface area (Å²) in [5, 5.41) is 8.00. The third-order valence-electron chi connectivity index (χ3n) is 3.63. The number of methoxy groups -OCH3 is 3. The Balaban J connectivity index is 1.80. The number of nitrogens with zero attached hydrogens (tertiary/aromatic N) is 2. The maximum Gasteiger partial charge on any atom is 0.248 e. The topological polar surface area (TPSA) is 66.6 Å². The van der Waals surface area contributed by atoms with Gasteiger partial charge in [-0.2, -0.15) is 0 Å². The molecule has 0 aliphatic heterocycles. The molecule has 0 aliphatic rings. The highest BCUT2D eigenvalue weighted by Gasteiger charge is 2.17. The summed E-state index contributed by atoms with van der Waals surface area (Å²) in [5.74, 6) is 0.514. The van der Waals surface area contributed by atoms with Crippen LogP contribution in [0, 0.1) is 11.6 Å². The van der Waals surface area contributed by atoms with E-state index in [1.54, 1.807) is 12.1 Å². The van der Waals surface area contributed by atoms with E-state index in [1.165, 1.54) is 39.2 Å². The largest absolute Gasteiger partial charge is 0.493 e. The zero-order valence-corrected chi connectivity index (χ0v) is 15.6. The summed E-state index contributed by atoms with van der Waals surface area (Å²) in [6.07, 6.45) is 0. The van der Waals surface area contributed by atoms with Gasteiger partial charge >= 0.3 is 0 Å². The number of rotatable bonds is 7. The molecule has 0 N–H and O–H groups in total. The first kappa shape index (κ1) is 19.0. The molecule has 0 saturated carbocycles. The normalized spacial score (nSPS) is 10.7. The zero-order chi connectivity index (χ0) is 19.4. The van der Waals surface area contributed by atoms with Crippen LogP contribution in [0.2, 0.25) is 0 Å². The van der Waals surface area contributed by atoms with Crippen LogP contribution in [-0.4, -0.2) is 31.5 Å². The lowest BCUT2D eigenvalue weighted by Gasteiger charge is -2.12. The molecule has 0 bridgehead atoms. The first-order valence-corrected chi connectivity index (χ1v) is 8.75. The molecule has 0 fully saturated rings. The van der Waals surface area contributed by atoms with Crippen LogP contribution in [-0.2, 0) is 5.75 Å². The predicted molar refractivity (Wildman–Crippen MR) is 95.3 cm³/mol. The van der Waals surface area contributed by atoms with Crippen molar-refractivity contribution in [3.63, 3.8) is 0 Å². The van der Waals surface area contributed by atoms with Gasteiger partial charge in [-0.1, -0.05) is 0 Å². The molecular weight excluding hydrogens is 378 g/mol. The number of hydrogen-bond acceptors (Lipinski definition) is 7. The van der Waals surface area contributed by atoms with E-state index in [4.69, 9.17) is 18.6 Å². The van der Waals surface area contributed by atoms with Gasteiger partial charge in [0.05, 0.1) is 27.1 Å². The molecule has 3 aromatic rings. The Kier molecular flexibility index (Phi) is 5.80. The molecule has 0 saturated heterocycles. The van der Waals surface area contributed by atoms with Gasteiger partial charge < -0.3 is 18.6 Å². The van der Waals surface area contributed by atoms with Gasteiger partial charge in [-0.25, -0.2) is 8.78 Å². The number of thioether (sulfide) groups is 1. The fraction of sp³-hybridized carbons (Fsp3) is 0.222. The van der Waals surface area contributed by atoms with Crippen molar-refractivity contribution < 1.29 is 27.4 Å². The van der Waals surface area contributed by atoms with Crippen molar-refractivity contribution >= 4 is 11.8 Å². The maximum absolute atomic E-state index is 13.3. The summed E-state index contributed by atoms with van der Waals surface area (Å²) in [5.41, 5.74) is 0.598. The highest BCUT2D eigenvalue weighted by molar-refractivity contribution is 7.98. The third kappa shape index (κ3) is 4.13. The lowest BCUT2D eigenvalue weighted by molar-refractivity contribution is 0.324. The fourth-order valence-corrected chi connectivity index (χ4v) is 3.10. The SMILES string of the molecule is COc1cc(-c2nnc(CSc3ccc(F)c(F)c3)o2)cc(OC)c1OC. The van der Waals surface area contributed by atoms with Gasteiger partial charge in [-0.05, 0) is 30.3 Å². The van der Waals surface area contributed by atoms with Crippen molar-refractivity contribution in [1.29, 1.82) is 0 Å². The van der Waals surface area contributed by atoms with Gasteiger partial charge in [0.25, 0.3) is 0 Å². The molecule has 6 nitrogen and oxygen atoms in total. The van der Waals surface area contributed by atoms with Crippen molar-refractivity contribution in [2.24, 2.45) is 0 Å². The summed E-state index contributed by atoms with van der Waals surface area (Å²) in [6.45, 7) is 0. The lowest BCUT2D eigenvalue weighted by Crippen LogP contribution is -1.95. The van der Waals surface area contributed by atoms with Gasteiger partial charge in [0.1, 0.15) is 0 Å². The van der Waals surface area contributed by atoms with Crippen LogP contribution in [0.1, 0.15) is 5.89 Å². The molecule has 9 heteroatoms. The Morgan fingerprint density at radius 3 is 2.22 bits per heavy atom. The molecule has 27 heavy (non-hydrogen) atoms. The highest BCUT2D eigenvalue weighted by atomic mass is 32.2. The van der Waals surface area contributed by atoms with Crippen LogP contribution >= 0.6 is 11.8 Å². The molecule has 142 valence electrons. The van der Waals surface area contributed by atoms with Gasteiger partial charge in [0.15, 0.2) is 23.1 Å². The Morgan fingerprint density at radius 2 is 1.63 bits per heavy atom. The molecular formula is C18H16F2N2O4S. The molecule has 0 aliphatic carbocycles.